The van der Waals surface area contributed by atoms with Crippen LogP contribution in [-0.4, -0.2) is 24.5 Å². The predicted molar refractivity (Wildman–Crippen MR) is 56.9 cm³/mol. The molecule has 0 spiro atoms. The lowest BCUT2D eigenvalue weighted by atomic mass is 10.2. The van der Waals surface area contributed by atoms with Crippen LogP contribution >= 0.6 is 11.3 Å². The van der Waals surface area contributed by atoms with Crippen LogP contribution in [0.4, 0.5) is 0 Å². The van der Waals surface area contributed by atoms with Crippen LogP contribution in [-0.2, 0) is 0 Å². The molecule has 2 nitrogen and oxygen atoms in total. The summed E-state index contributed by atoms with van der Waals surface area (Å²) >= 11 is 1.87. The molecule has 1 aliphatic rings. The summed E-state index contributed by atoms with van der Waals surface area (Å²) in [4.78, 5) is 4.01. The Hall–Kier alpha value is -0.380. The van der Waals surface area contributed by atoms with Gasteiger partial charge in [-0.15, -0.1) is 11.3 Å². The van der Waals surface area contributed by atoms with Gasteiger partial charge in [-0.05, 0) is 30.8 Å². The molecule has 0 unspecified atom stereocenters. The fraction of sp³-hybridized carbons (Fsp3) is 0.600. The largest absolute Gasteiger partial charge is 0.329 e. The number of hydrogen-bond acceptors (Lipinski definition) is 3. The molecule has 1 aromatic heterocycles. The van der Waals surface area contributed by atoms with Crippen molar-refractivity contribution < 1.29 is 0 Å². The molecule has 1 saturated heterocycles. The summed E-state index contributed by atoms with van der Waals surface area (Å²) in [7, 11) is 0. The van der Waals surface area contributed by atoms with Crippen molar-refractivity contribution in [3.05, 3.63) is 22.4 Å². The van der Waals surface area contributed by atoms with E-state index in [0.29, 0.717) is 6.04 Å². The molecule has 2 N–H and O–H groups in total. The van der Waals surface area contributed by atoms with Crippen molar-refractivity contribution in [2.24, 2.45) is 5.73 Å². The van der Waals surface area contributed by atoms with E-state index in [1.165, 1.54) is 24.3 Å². The molecule has 0 aliphatic carbocycles. The predicted octanol–water partition coefficient (Wildman–Crippen LogP) is 1.84. The highest BCUT2D eigenvalue weighted by atomic mass is 32.1. The smallest absolute Gasteiger partial charge is 0.0442 e. The Kier molecular flexibility index (Phi) is 2.98. The first-order valence-electron chi connectivity index (χ1n) is 4.89. The van der Waals surface area contributed by atoms with Gasteiger partial charge in [0, 0.05) is 24.0 Å². The molecule has 72 valence electrons. The van der Waals surface area contributed by atoms with Crippen LogP contribution in [0.1, 0.15) is 23.8 Å². The highest BCUT2D eigenvalue weighted by Gasteiger charge is 2.25. The van der Waals surface area contributed by atoms with Crippen LogP contribution < -0.4 is 5.73 Å². The van der Waals surface area contributed by atoms with Gasteiger partial charge >= 0.3 is 0 Å². The summed E-state index contributed by atoms with van der Waals surface area (Å²) in [5.74, 6) is 0. The summed E-state index contributed by atoms with van der Waals surface area (Å²) in [6.45, 7) is 3.05. The lowest BCUT2D eigenvalue weighted by molar-refractivity contribution is 0.268. The van der Waals surface area contributed by atoms with Crippen LogP contribution in [0.2, 0.25) is 0 Å². The van der Waals surface area contributed by atoms with Crippen LogP contribution in [0, 0.1) is 0 Å². The van der Waals surface area contributed by atoms with Gasteiger partial charge in [-0.1, -0.05) is 6.07 Å². The van der Waals surface area contributed by atoms with Crippen molar-refractivity contribution in [2.45, 2.75) is 18.9 Å². The first kappa shape index (κ1) is 9.19. The number of thiophene rings is 1. The molecular weight excluding hydrogens is 180 g/mol. The van der Waals surface area contributed by atoms with E-state index in [0.717, 1.165) is 13.1 Å². The summed E-state index contributed by atoms with van der Waals surface area (Å²) in [6, 6.07) is 5.03. The molecule has 1 aliphatic heterocycles. The molecule has 0 saturated carbocycles. The van der Waals surface area contributed by atoms with Crippen molar-refractivity contribution in [1.29, 1.82) is 0 Å². The number of hydrogen-bond donors (Lipinski definition) is 1. The molecule has 3 heteroatoms. The Morgan fingerprint density at radius 3 is 3.23 bits per heavy atom. The molecular formula is C10H16N2S. The lowest BCUT2D eigenvalue weighted by Gasteiger charge is -2.22. The normalized spacial score (nSPS) is 23.9. The van der Waals surface area contributed by atoms with E-state index in [4.69, 9.17) is 5.73 Å². The van der Waals surface area contributed by atoms with Gasteiger partial charge in [-0.3, -0.25) is 4.90 Å². The molecule has 0 radical (unpaired) electrons. The van der Waals surface area contributed by atoms with Crippen LogP contribution in [0.25, 0.3) is 0 Å². The highest BCUT2D eigenvalue weighted by molar-refractivity contribution is 7.10. The summed E-state index contributed by atoms with van der Waals surface area (Å²) in [5, 5.41) is 2.16. The third-order valence-corrected chi connectivity index (χ3v) is 3.63. The van der Waals surface area contributed by atoms with Gasteiger partial charge in [-0.25, -0.2) is 0 Å². The number of nitrogens with zero attached hydrogens (tertiary/aromatic N) is 1. The topological polar surface area (TPSA) is 29.3 Å². The molecule has 1 aromatic rings. The van der Waals surface area contributed by atoms with E-state index in [-0.39, 0.29) is 0 Å². The molecule has 0 aromatic carbocycles. The SMILES string of the molecule is NCCN1CCC[C@@H]1c1cccs1. The minimum absolute atomic E-state index is 0.656. The fourth-order valence-electron chi connectivity index (χ4n) is 2.06. The van der Waals surface area contributed by atoms with Crippen molar-refractivity contribution in [2.75, 3.05) is 19.6 Å². The summed E-state index contributed by atoms with van der Waals surface area (Å²) < 4.78 is 0. The van der Waals surface area contributed by atoms with E-state index in [1.807, 2.05) is 11.3 Å². The van der Waals surface area contributed by atoms with Gasteiger partial charge < -0.3 is 5.73 Å². The van der Waals surface area contributed by atoms with Crippen molar-refractivity contribution in [3.63, 3.8) is 0 Å². The second-order valence-corrected chi connectivity index (χ2v) is 4.48. The first-order valence-corrected chi connectivity index (χ1v) is 5.77. The maximum Gasteiger partial charge on any atom is 0.0442 e. The van der Waals surface area contributed by atoms with Crippen LogP contribution in [0.5, 0.6) is 0 Å². The number of likely N-dealkylation sites (tertiary alicyclic amines) is 1. The van der Waals surface area contributed by atoms with Crippen molar-refractivity contribution >= 4 is 11.3 Å². The van der Waals surface area contributed by atoms with Gasteiger partial charge in [0.1, 0.15) is 0 Å². The maximum atomic E-state index is 5.59. The lowest BCUT2D eigenvalue weighted by Crippen LogP contribution is -2.28. The Balaban J connectivity index is 2.05. The Morgan fingerprint density at radius 2 is 2.54 bits per heavy atom. The highest BCUT2D eigenvalue weighted by Crippen LogP contribution is 2.33. The van der Waals surface area contributed by atoms with Crippen molar-refractivity contribution in [3.8, 4) is 0 Å². The van der Waals surface area contributed by atoms with Gasteiger partial charge in [0.05, 0.1) is 0 Å². The second kappa shape index (κ2) is 4.22. The van der Waals surface area contributed by atoms with Crippen LogP contribution in [0.3, 0.4) is 0 Å². The summed E-state index contributed by atoms with van der Waals surface area (Å²) in [6.07, 6.45) is 2.63. The Bertz CT molecular complexity index is 245. The number of nitrogens with two attached hydrogens (primary N) is 1. The third-order valence-electron chi connectivity index (χ3n) is 2.65. The summed E-state index contributed by atoms with van der Waals surface area (Å²) in [5.41, 5.74) is 5.59. The quantitative estimate of drug-likeness (QED) is 0.799. The standard InChI is InChI=1S/C10H16N2S/c11-5-7-12-6-1-3-9(12)10-4-2-8-13-10/h2,4,8-9H,1,3,5-7,11H2/t9-/m1/s1. The van der Waals surface area contributed by atoms with Gasteiger partial charge in [-0.2, -0.15) is 0 Å². The molecule has 2 heterocycles. The molecule has 13 heavy (non-hydrogen) atoms. The monoisotopic (exact) mass is 196 g/mol. The van der Waals surface area contributed by atoms with Gasteiger partial charge in [0.15, 0.2) is 0 Å². The fourth-order valence-corrected chi connectivity index (χ4v) is 2.96. The van der Waals surface area contributed by atoms with Gasteiger partial charge in [0.25, 0.3) is 0 Å². The Morgan fingerprint density at radius 1 is 1.62 bits per heavy atom. The Labute approximate surface area is 83.4 Å². The van der Waals surface area contributed by atoms with E-state index in [9.17, 15) is 0 Å². The average Bonchev–Trinajstić information content (AvgIpc) is 2.71. The molecule has 0 amide bonds. The van der Waals surface area contributed by atoms with E-state index >= 15 is 0 Å². The first-order chi connectivity index (χ1) is 6.42. The van der Waals surface area contributed by atoms with Crippen molar-refractivity contribution in [1.82, 2.24) is 4.90 Å². The minimum Gasteiger partial charge on any atom is -0.329 e. The molecule has 1 atom stereocenters. The van der Waals surface area contributed by atoms with E-state index in [1.54, 1.807) is 0 Å². The third kappa shape index (κ3) is 1.93. The second-order valence-electron chi connectivity index (χ2n) is 3.50. The zero-order valence-corrected chi connectivity index (χ0v) is 8.59. The molecule has 1 fully saturated rings. The zero-order valence-electron chi connectivity index (χ0n) is 7.78. The average molecular weight is 196 g/mol. The zero-order chi connectivity index (χ0) is 9.10. The maximum absolute atomic E-state index is 5.59. The van der Waals surface area contributed by atoms with Crippen LogP contribution in [0.15, 0.2) is 17.5 Å². The molecule has 0 bridgehead atoms. The number of rotatable bonds is 3. The van der Waals surface area contributed by atoms with Gasteiger partial charge in [0.2, 0.25) is 0 Å². The molecule has 2 rings (SSSR count). The van der Waals surface area contributed by atoms with E-state index in [2.05, 4.69) is 22.4 Å². The minimum atomic E-state index is 0.656. The van der Waals surface area contributed by atoms with E-state index < -0.39 is 0 Å².